The summed E-state index contributed by atoms with van der Waals surface area (Å²) in [7, 11) is 0. The van der Waals surface area contributed by atoms with Gasteiger partial charge in [-0.3, -0.25) is 0 Å². The second-order valence-electron chi connectivity index (χ2n) is 5.70. The van der Waals surface area contributed by atoms with E-state index in [0.717, 1.165) is 24.0 Å². The Morgan fingerprint density at radius 2 is 1.92 bits per heavy atom. The predicted molar refractivity (Wildman–Crippen MR) is 84.8 cm³/mol. The summed E-state index contributed by atoms with van der Waals surface area (Å²) in [5.74, 6) is 1.47. The van der Waals surface area contributed by atoms with Gasteiger partial charge in [0.25, 0.3) is 0 Å². The molecule has 1 N–H and O–H groups in total. The number of aryl methyl sites for hydroxylation is 3. The van der Waals surface area contributed by atoms with Crippen LogP contribution < -0.4 is 0 Å². The standard InChI is InChI=1S/C16H17F3N6/c1-4-12-22-10(3)14(24-12)15-20-5-6-25(15)8-13-21-9(2)7-11(23-13)16(17,18)19/h5-7H,4,8H2,1-3H3,(H,22,24). The number of halogens is 3. The number of hydrogen-bond donors (Lipinski definition) is 1. The second-order valence-corrected chi connectivity index (χ2v) is 5.70. The molecule has 3 aromatic rings. The zero-order valence-corrected chi connectivity index (χ0v) is 14.0. The SMILES string of the molecule is CCc1nc(-c2nccn2Cc2nc(C)cc(C(F)(F)F)n2)c(C)[nH]1. The molecule has 9 heteroatoms. The summed E-state index contributed by atoms with van der Waals surface area (Å²) < 4.78 is 40.5. The topological polar surface area (TPSA) is 72.3 Å². The van der Waals surface area contributed by atoms with E-state index in [9.17, 15) is 13.2 Å². The van der Waals surface area contributed by atoms with Crippen LogP contribution in [0.4, 0.5) is 13.2 Å². The van der Waals surface area contributed by atoms with Crippen molar-refractivity contribution in [3.8, 4) is 11.5 Å². The molecule has 0 bridgehead atoms. The Hall–Kier alpha value is -2.71. The van der Waals surface area contributed by atoms with E-state index in [0.29, 0.717) is 11.5 Å². The van der Waals surface area contributed by atoms with E-state index >= 15 is 0 Å². The van der Waals surface area contributed by atoms with Gasteiger partial charge in [0.1, 0.15) is 23.0 Å². The van der Waals surface area contributed by atoms with Crippen molar-refractivity contribution in [3.63, 3.8) is 0 Å². The lowest BCUT2D eigenvalue weighted by Gasteiger charge is -2.10. The van der Waals surface area contributed by atoms with Crippen molar-refractivity contribution in [3.05, 3.63) is 47.2 Å². The second kappa shape index (κ2) is 6.30. The zero-order valence-electron chi connectivity index (χ0n) is 14.0. The molecule has 0 aliphatic carbocycles. The first-order chi connectivity index (χ1) is 11.8. The summed E-state index contributed by atoms with van der Waals surface area (Å²) in [5.41, 5.74) is 0.847. The number of rotatable bonds is 4. The third-order valence-electron chi connectivity index (χ3n) is 3.70. The molecule has 3 aromatic heterocycles. The smallest absolute Gasteiger partial charge is 0.345 e. The van der Waals surface area contributed by atoms with Crippen LogP contribution in [0, 0.1) is 13.8 Å². The van der Waals surface area contributed by atoms with Crippen LogP contribution in [0.15, 0.2) is 18.5 Å². The van der Waals surface area contributed by atoms with Crippen LogP contribution in [0.25, 0.3) is 11.5 Å². The Balaban J connectivity index is 1.97. The quantitative estimate of drug-likeness (QED) is 0.783. The summed E-state index contributed by atoms with van der Waals surface area (Å²) in [6, 6.07) is 0.934. The maximum absolute atomic E-state index is 12.9. The first-order valence-electron chi connectivity index (χ1n) is 7.76. The zero-order chi connectivity index (χ0) is 18.2. The van der Waals surface area contributed by atoms with Crippen molar-refractivity contribution in [2.24, 2.45) is 0 Å². The third-order valence-corrected chi connectivity index (χ3v) is 3.70. The third kappa shape index (κ3) is 3.54. The average Bonchev–Trinajstić information content (AvgIpc) is 3.11. The van der Waals surface area contributed by atoms with Crippen LogP contribution in [-0.4, -0.2) is 29.5 Å². The normalized spacial score (nSPS) is 11.9. The van der Waals surface area contributed by atoms with E-state index in [4.69, 9.17) is 0 Å². The summed E-state index contributed by atoms with van der Waals surface area (Å²) in [6.07, 6.45) is -0.504. The van der Waals surface area contributed by atoms with Crippen LogP contribution in [-0.2, 0) is 19.1 Å². The largest absolute Gasteiger partial charge is 0.433 e. The van der Waals surface area contributed by atoms with Crippen LogP contribution >= 0.6 is 0 Å². The van der Waals surface area contributed by atoms with Gasteiger partial charge >= 0.3 is 6.18 Å². The molecule has 3 rings (SSSR count). The van der Waals surface area contributed by atoms with Gasteiger partial charge in [-0.1, -0.05) is 6.92 Å². The monoisotopic (exact) mass is 350 g/mol. The summed E-state index contributed by atoms with van der Waals surface area (Å²) >= 11 is 0. The minimum absolute atomic E-state index is 0.0772. The van der Waals surface area contributed by atoms with E-state index < -0.39 is 11.9 Å². The number of imidazole rings is 2. The number of aromatic amines is 1. The Kier molecular flexibility index (Phi) is 4.32. The summed E-state index contributed by atoms with van der Waals surface area (Å²) in [6.45, 7) is 5.45. The molecule has 3 heterocycles. The number of H-pyrrole nitrogens is 1. The van der Waals surface area contributed by atoms with Crippen molar-refractivity contribution in [2.75, 3.05) is 0 Å². The minimum Gasteiger partial charge on any atom is -0.345 e. The van der Waals surface area contributed by atoms with Gasteiger partial charge in [-0.15, -0.1) is 0 Å². The van der Waals surface area contributed by atoms with E-state index in [-0.39, 0.29) is 18.1 Å². The molecule has 0 amide bonds. The highest BCUT2D eigenvalue weighted by Crippen LogP contribution is 2.28. The lowest BCUT2D eigenvalue weighted by Crippen LogP contribution is -2.14. The Bertz CT molecular complexity index is 894. The molecule has 0 radical (unpaired) electrons. The van der Waals surface area contributed by atoms with Crippen molar-refractivity contribution in [1.29, 1.82) is 0 Å². The summed E-state index contributed by atoms with van der Waals surface area (Å²) in [5, 5.41) is 0. The fraction of sp³-hybridized carbons (Fsp3) is 0.375. The van der Waals surface area contributed by atoms with E-state index in [1.807, 2.05) is 13.8 Å². The highest BCUT2D eigenvalue weighted by molar-refractivity contribution is 5.53. The number of nitrogens with one attached hydrogen (secondary N) is 1. The van der Waals surface area contributed by atoms with Gasteiger partial charge in [0.15, 0.2) is 5.82 Å². The van der Waals surface area contributed by atoms with E-state index in [1.165, 1.54) is 6.92 Å². The van der Waals surface area contributed by atoms with Gasteiger partial charge in [0.05, 0.1) is 6.54 Å². The molecule has 0 aliphatic heterocycles. The molecule has 0 aliphatic rings. The van der Waals surface area contributed by atoms with Gasteiger partial charge in [-0.05, 0) is 19.9 Å². The summed E-state index contributed by atoms with van der Waals surface area (Å²) in [4.78, 5) is 19.7. The average molecular weight is 350 g/mol. The van der Waals surface area contributed by atoms with E-state index in [1.54, 1.807) is 17.0 Å². The number of nitrogens with zero attached hydrogens (tertiary/aromatic N) is 5. The maximum Gasteiger partial charge on any atom is 0.433 e. The van der Waals surface area contributed by atoms with Gasteiger partial charge in [0, 0.05) is 30.2 Å². The van der Waals surface area contributed by atoms with Crippen LogP contribution in [0.3, 0.4) is 0 Å². The van der Waals surface area contributed by atoms with Crippen molar-refractivity contribution >= 4 is 0 Å². The highest BCUT2D eigenvalue weighted by atomic mass is 19.4. The van der Waals surface area contributed by atoms with E-state index in [2.05, 4.69) is 24.9 Å². The lowest BCUT2D eigenvalue weighted by molar-refractivity contribution is -0.141. The lowest BCUT2D eigenvalue weighted by atomic mass is 10.3. The molecule has 0 saturated heterocycles. The van der Waals surface area contributed by atoms with Crippen LogP contribution in [0.2, 0.25) is 0 Å². The van der Waals surface area contributed by atoms with Gasteiger partial charge in [0.2, 0.25) is 0 Å². The highest BCUT2D eigenvalue weighted by Gasteiger charge is 2.33. The Morgan fingerprint density at radius 1 is 1.16 bits per heavy atom. The van der Waals surface area contributed by atoms with Gasteiger partial charge < -0.3 is 9.55 Å². The molecule has 0 spiro atoms. The van der Waals surface area contributed by atoms with Crippen LogP contribution in [0.5, 0.6) is 0 Å². The van der Waals surface area contributed by atoms with Gasteiger partial charge in [-0.2, -0.15) is 13.2 Å². The molecule has 0 unspecified atom stereocenters. The molecule has 6 nitrogen and oxygen atoms in total. The first kappa shape index (κ1) is 17.1. The molecular weight excluding hydrogens is 333 g/mol. The molecular formula is C16H17F3N6. The van der Waals surface area contributed by atoms with Crippen molar-refractivity contribution in [2.45, 2.75) is 39.9 Å². The molecule has 0 atom stereocenters. The van der Waals surface area contributed by atoms with Gasteiger partial charge in [-0.25, -0.2) is 19.9 Å². The maximum atomic E-state index is 12.9. The fourth-order valence-electron chi connectivity index (χ4n) is 2.56. The number of alkyl halides is 3. The Morgan fingerprint density at radius 3 is 2.56 bits per heavy atom. The molecule has 0 aromatic carbocycles. The number of aromatic nitrogens is 6. The fourth-order valence-corrected chi connectivity index (χ4v) is 2.56. The molecule has 0 fully saturated rings. The molecule has 25 heavy (non-hydrogen) atoms. The van der Waals surface area contributed by atoms with Crippen molar-refractivity contribution in [1.82, 2.24) is 29.5 Å². The number of hydrogen-bond acceptors (Lipinski definition) is 4. The Labute approximate surface area is 142 Å². The minimum atomic E-state index is -4.50. The van der Waals surface area contributed by atoms with Crippen LogP contribution in [0.1, 0.15) is 35.7 Å². The molecule has 132 valence electrons. The first-order valence-corrected chi connectivity index (χ1v) is 7.76. The van der Waals surface area contributed by atoms with Crippen molar-refractivity contribution < 1.29 is 13.2 Å². The predicted octanol–water partition coefficient (Wildman–Crippen LogP) is 3.31. The molecule has 0 saturated carbocycles.